The SMILES string of the molecule is CCCCC1CC(NC(=O)C(C)(C)C)CN(C(=O)C(C)C)C1. The van der Waals surface area contributed by atoms with Gasteiger partial charge >= 0.3 is 0 Å². The molecule has 1 saturated heterocycles. The molecule has 1 heterocycles. The summed E-state index contributed by atoms with van der Waals surface area (Å²) in [6.45, 7) is 13.4. The lowest BCUT2D eigenvalue weighted by molar-refractivity contribution is -0.138. The molecule has 0 saturated carbocycles. The van der Waals surface area contributed by atoms with E-state index in [2.05, 4.69) is 12.2 Å². The van der Waals surface area contributed by atoms with Gasteiger partial charge in [-0.1, -0.05) is 54.4 Å². The highest BCUT2D eigenvalue weighted by atomic mass is 16.2. The van der Waals surface area contributed by atoms with Crippen LogP contribution in [0.3, 0.4) is 0 Å². The van der Waals surface area contributed by atoms with Crippen molar-refractivity contribution in [2.75, 3.05) is 13.1 Å². The molecule has 1 rings (SSSR count). The number of hydrogen-bond donors (Lipinski definition) is 1. The molecule has 2 unspecified atom stereocenters. The summed E-state index contributed by atoms with van der Waals surface area (Å²) >= 11 is 0. The first-order chi connectivity index (χ1) is 10.1. The van der Waals surface area contributed by atoms with E-state index in [-0.39, 0.29) is 29.2 Å². The van der Waals surface area contributed by atoms with Crippen LogP contribution in [0.2, 0.25) is 0 Å². The van der Waals surface area contributed by atoms with Crippen LogP contribution in [0.25, 0.3) is 0 Å². The molecule has 0 aromatic heterocycles. The summed E-state index contributed by atoms with van der Waals surface area (Å²) in [6, 6.07) is 0.0880. The van der Waals surface area contributed by atoms with Crippen molar-refractivity contribution in [1.29, 1.82) is 0 Å². The molecule has 1 aliphatic rings. The molecule has 0 aromatic rings. The molecule has 2 atom stereocenters. The molecule has 4 heteroatoms. The lowest BCUT2D eigenvalue weighted by atomic mass is 9.88. The molecule has 0 aromatic carbocycles. The first-order valence-corrected chi connectivity index (χ1v) is 8.74. The van der Waals surface area contributed by atoms with Crippen molar-refractivity contribution in [2.45, 2.75) is 73.3 Å². The molecule has 2 amide bonds. The Hall–Kier alpha value is -1.06. The van der Waals surface area contributed by atoms with Crippen molar-refractivity contribution in [1.82, 2.24) is 10.2 Å². The van der Waals surface area contributed by atoms with Crippen LogP contribution in [-0.4, -0.2) is 35.8 Å². The maximum absolute atomic E-state index is 12.4. The summed E-state index contributed by atoms with van der Waals surface area (Å²) in [4.78, 5) is 26.6. The molecular formula is C18H34N2O2. The average molecular weight is 310 g/mol. The van der Waals surface area contributed by atoms with Gasteiger partial charge in [-0.15, -0.1) is 0 Å². The number of carbonyl (C=O) groups excluding carboxylic acids is 2. The van der Waals surface area contributed by atoms with Crippen molar-refractivity contribution in [3.63, 3.8) is 0 Å². The van der Waals surface area contributed by atoms with Crippen molar-refractivity contribution in [2.24, 2.45) is 17.3 Å². The number of unbranched alkanes of at least 4 members (excludes halogenated alkanes) is 1. The summed E-state index contributed by atoms with van der Waals surface area (Å²) in [6.07, 6.45) is 4.49. The second kappa shape index (κ2) is 7.98. The maximum atomic E-state index is 12.4. The van der Waals surface area contributed by atoms with Gasteiger partial charge in [-0.2, -0.15) is 0 Å². The Labute approximate surface area is 136 Å². The average Bonchev–Trinajstić information content (AvgIpc) is 2.42. The van der Waals surface area contributed by atoms with Gasteiger partial charge in [-0.25, -0.2) is 0 Å². The summed E-state index contributed by atoms with van der Waals surface area (Å²) < 4.78 is 0. The first-order valence-electron chi connectivity index (χ1n) is 8.74. The van der Waals surface area contributed by atoms with Crippen molar-refractivity contribution in [3.05, 3.63) is 0 Å². The van der Waals surface area contributed by atoms with Gasteiger partial charge in [0.1, 0.15) is 0 Å². The predicted molar refractivity (Wildman–Crippen MR) is 90.4 cm³/mol. The van der Waals surface area contributed by atoms with E-state index >= 15 is 0 Å². The van der Waals surface area contributed by atoms with Gasteiger partial charge in [0.15, 0.2) is 0 Å². The normalized spacial score (nSPS) is 22.8. The molecule has 0 spiro atoms. The van der Waals surface area contributed by atoms with Crippen LogP contribution in [0, 0.1) is 17.3 Å². The number of piperidine rings is 1. The first kappa shape index (κ1) is 19.0. The molecule has 1 fully saturated rings. The third-order valence-electron chi connectivity index (χ3n) is 4.33. The molecule has 1 aliphatic heterocycles. The minimum Gasteiger partial charge on any atom is -0.351 e. The van der Waals surface area contributed by atoms with E-state index in [1.54, 1.807) is 0 Å². The lowest BCUT2D eigenvalue weighted by Crippen LogP contribution is -2.54. The highest BCUT2D eigenvalue weighted by Gasteiger charge is 2.33. The molecule has 0 aliphatic carbocycles. The molecule has 0 radical (unpaired) electrons. The maximum Gasteiger partial charge on any atom is 0.225 e. The Morgan fingerprint density at radius 3 is 2.36 bits per heavy atom. The lowest BCUT2D eigenvalue weighted by Gasteiger charge is -2.39. The van der Waals surface area contributed by atoms with E-state index in [0.29, 0.717) is 12.5 Å². The third kappa shape index (κ3) is 5.62. The van der Waals surface area contributed by atoms with Crippen LogP contribution < -0.4 is 5.32 Å². The molecular weight excluding hydrogens is 276 g/mol. The largest absolute Gasteiger partial charge is 0.351 e. The summed E-state index contributed by atoms with van der Waals surface area (Å²) in [5, 5.41) is 3.16. The Balaban J connectivity index is 2.74. The van der Waals surface area contributed by atoms with E-state index in [1.165, 1.54) is 12.8 Å². The van der Waals surface area contributed by atoms with Crippen LogP contribution in [-0.2, 0) is 9.59 Å². The third-order valence-corrected chi connectivity index (χ3v) is 4.33. The smallest absolute Gasteiger partial charge is 0.225 e. The van der Waals surface area contributed by atoms with E-state index in [0.717, 1.165) is 19.4 Å². The zero-order valence-electron chi connectivity index (χ0n) is 15.2. The minimum absolute atomic E-state index is 0.0175. The Morgan fingerprint density at radius 1 is 1.23 bits per heavy atom. The molecule has 22 heavy (non-hydrogen) atoms. The highest BCUT2D eigenvalue weighted by molar-refractivity contribution is 5.82. The van der Waals surface area contributed by atoms with E-state index in [9.17, 15) is 9.59 Å². The fourth-order valence-electron chi connectivity index (χ4n) is 2.96. The fourth-order valence-corrected chi connectivity index (χ4v) is 2.96. The second-order valence-corrected chi connectivity index (χ2v) is 8.06. The standard InChI is InChI=1S/C18H34N2O2/c1-7-8-9-14-10-15(19-17(22)18(4,5)6)12-20(11-14)16(21)13(2)3/h13-15H,7-12H2,1-6H3,(H,19,22). The highest BCUT2D eigenvalue weighted by Crippen LogP contribution is 2.24. The minimum atomic E-state index is -0.386. The van der Waals surface area contributed by atoms with Gasteiger partial charge in [0.2, 0.25) is 11.8 Å². The molecule has 128 valence electrons. The van der Waals surface area contributed by atoms with E-state index in [4.69, 9.17) is 0 Å². The quantitative estimate of drug-likeness (QED) is 0.847. The Kier molecular flexibility index (Phi) is 6.89. The van der Waals surface area contributed by atoms with Gasteiger partial charge < -0.3 is 10.2 Å². The molecule has 4 nitrogen and oxygen atoms in total. The second-order valence-electron chi connectivity index (χ2n) is 8.06. The van der Waals surface area contributed by atoms with E-state index < -0.39 is 0 Å². The van der Waals surface area contributed by atoms with Gasteiger partial charge in [0.25, 0.3) is 0 Å². The zero-order valence-corrected chi connectivity index (χ0v) is 15.2. The van der Waals surface area contributed by atoms with Crippen molar-refractivity contribution < 1.29 is 9.59 Å². The molecule has 0 bridgehead atoms. The number of likely N-dealkylation sites (tertiary alicyclic amines) is 1. The predicted octanol–water partition coefficient (Wildman–Crippen LogP) is 3.21. The van der Waals surface area contributed by atoms with E-state index in [1.807, 2.05) is 39.5 Å². The van der Waals surface area contributed by atoms with Crippen molar-refractivity contribution >= 4 is 11.8 Å². The van der Waals surface area contributed by atoms with Gasteiger partial charge in [-0.3, -0.25) is 9.59 Å². The number of amides is 2. The number of nitrogens with one attached hydrogen (secondary N) is 1. The summed E-state index contributed by atoms with van der Waals surface area (Å²) in [7, 11) is 0. The fraction of sp³-hybridized carbons (Fsp3) is 0.889. The summed E-state index contributed by atoms with van der Waals surface area (Å²) in [5.74, 6) is 0.798. The Morgan fingerprint density at radius 2 is 1.86 bits per heavy atom. The van der Waals surface area contributed by atoms with Gasteiger partial charge in [0, 0.05) is 30.5 Å². The zero-order chi connectivity index (χ0) is 16.9. The van der Waals surface area contributed by atoms with Crippen LogP contribution in [0.5, 0.6) is 0 Å². The van der Waals surface area contributed by atoms with Gasteiger partial charge in [-0.05, 0) is 18.8 Å². The van der Waals surface area contributed by atoms with Gasteiger partial charge in [0.05, 0.1) is 0 Å². The number of nitrogens with zero attached hydrogens (tertiary/aromatic N) is 1. The monoisotopic (exact) mass is 310 g/mol. The Bertz CT molecular complexity index is 385. The van der Waals surface area contributed by atoms with Crippen LogP contribution in [0.15, 0.2) is 0 Å². The number of rotatable bonds is 5. The number of carbonyl (C=O) groups is 2. The topological polar surface area (TPSA) is 49.4 Å². The van der Waals surface area contributed by atoms with Crippen LogP contribution >= 0.6 is 0 Å². The number of hydrogen-bond acceptors (Lipinski definition) is 2. The van der Waals surface area contributed by atoms with Crippen LogP contribution in [0.4, 0.5) is 0 Å². The van der Waals surface area contributed by atoms with Crippen LogP contribution in [0.1, 0.15) is 67.2 Å². The van der Waals surface area contributed by atoms with Crippen molar-refractivity contribution in [3.8, 4) is 0 Å². The molecule has 1 N–H and O–H groups in total. The summed E-state index contributed by atoms with van der Waals surface area (Å²) in [5.41, 5.74) is -0.386.